The van der Waals surface area contributed by atoms with Crippen molar-refractivity contribution in [2.24, 2.45) is 5.92 Å². The molecule has 4 heteroatoms. The number of anilines is 1. The van der Waals surface area contributed by atoms with E-state index >= 15 is 0 Å². The molecule has 0 bridgehead atoms. The normalized spacial score (nSPS) is 17.6. The van der Waals surface area contributed by atoms with Crippen molar-refractivity contribution in [1.82, 2.24) is 4.90 Å². The Hall–Kier alpha value is -2.69. The summed E-state index contributed by atoms with van der Waals surface area (Å²) < 4.78 is 6.05. The second-order valence-electron chi connectivity index (χ2n) is 8.76. The number of rotatable bonds is 6. The summed E-state index contributed by atoms with van der Waals surface area (Å²) in [6.45, 7) is 7.21. The predicted molar refractivity (Wildman–Crippen MR) is 127 cm³/mol. The molecule has 3 aromatic carbocycles. The summed E-state index contributed by atoms with van der Waals surface area (Å²) >= 11 is 0. The predicted octanol–water partition coefficient (Wildman–Crippen LogP) is 5.44. The van der Waals surface area contributed by atoms with Crippen LogP contribution in [0.3, 0.4) is 0 Å². The summed E-state index contributed by atoms with van der Waals surface area (Å²) in [5.41, 5.74) is 3.50. The van der Waals surface area contributed by atoms with Gasteiger partial charge in [-0.1, -0.05) is 68.4 Å². The summed E-state index contributed by atoms with van der Waals surface area (Å²) in [7, 11) is 0. The largest absolute Gasteiger partial charge is 0.365 e. The SMILES string of the molecule is CC(C)C(=O)Nc1cccc(C2CCN(CCc3cccc4ccccc34)COC2)c1. The lowest BCUT2D eigenvalue weighted by atomic mass is 9.96. The highest BCUT2D eigenvalue weighted by Gasteiger charge is 2.20. The third kappa shape index (κ3) is 5.52. The average molecular weight is 417 g/mol. The van der Waals surface area contributed by atoms with Crippen LogP contribution >= 0.6 is 0 Å². The van der Waals surface area contributed by atoms with Crippen molar-refractivity contribution in [3.8, 4) is 0 Å². The number of nitrogens with zero attached hydrogens (tertiary/aromatic N) is 1. The Morgan fingerprint density at radius 1 is 1.10 bits per heavy atom. The van der Waals surface area contributed by atoms with Gasteiger partial charge in [-0.15, -0.1) is 0 Å². The van der Waals surface area contributed by atoms with Gasteiger partial charge in [-0.3, -0.25) is 9.69 Å². The standard InChI is InChI=1S/C27H32N2O2/c1-20(2)27(30)28-25-11-6-10-23(17-25)24-14-16-29(19-31-18-24)15-13-22-9-5-8-21-7-3-4-12-26(21)22/h3-12,17,20,24H,13-16,18-19H2,1-2H3,(H,28,30). The zero-order chi connectivity index (χ0) is 21.6. The van der Waals surface area contributed by atoms with Crippen LogP contribution in [0, 0.1) is 5.92 Å². The van der Waals surface area contributed by atoms with Gasteiger partial charge in [-0.05, 0) is 46.9 Å². The smallest absolute Gasteiger partial charge is 0.226 e. The molecule has 1 amide bonds. The van der Waals surface area contributed by atoms with Gasteiger partial charge in [-0.25, -0.2) is 0 Å². The van der Waals surface area contributed by atoms with E-state index in [1.807, 2.05) is 26.0 Å². The van der Waals surface area contributed by atoms with Gasteiger partial charge in [0.2, 0.25) is 5.91 Å². The highest BCUT2D eigenvalue weighted by atomic mass is 16.5. The van der Waals surface area contributed by atoms with Crippen LogP contribution in [0.4, 0.5) is 5.69 Å². The van der Waals surface area contributed by atoms with Crippen molar-refractivity contribution in [3.05, 3.63) is 77.9 Å². The van der Waals surface area contributed by atoms with E-state index in [9.17, 15) is 4.79 Å². The molecule has 1 aliphatic rings. The van der Waals surface area contributed by atoms with Gasteiger partial charge < -0.3 is 10.1 Å². The first-order valence-electron chi connectivity index (χ1n) is 11.3. The van der Waals surface area contributed by atoms with Gasteiger partial charge in [0.1, 0.15) is 0 Å². The van der Waals surface area contributed by atoms with Crippen LogP contribution in [0.15, 0.2) is 66.7 Å². The molecular formula is C27H32N2O2. The zero-order valence-corrected chi connectivity index (χ0v) is 18.5. The molecule has 3 aromatic rings. The maximum atomic E-state index is 12.0. The summed E-state index contributed by atoms with van der Waals surface area (Å²) in [5.74, 6) is 0.368. The highest BCUT2D eigenvalue weighted by molar-refractivity contribution is 5.92. The number of hydrogen-bond acceptors (Lipinski definition) is 3. The molecule has 1 saturated heterocycles. The molecule has 1 fully saturated rings. The molecule has 0 spiro atoms. The van der Waals surface area contributed by atoms with Crippen molar-refractivity contribution in [3.63, 3.8) is 0 Å². The molecule has 0 aromatic heterocycles. The fourth-order valence-corrected chi connectivity index (χ4v) is 4.20. The number of fused-ring (bicyclic) bond motifs is 1. The first-order chi connectivity index (χ1) is 15.1. The van der Waals surface area contributed by atoms with Gasteiger partial charge in [0, 0.05) is 30.6 Å². The van der Waals surface area contributed by atoms with Crippen LogP contribution in [-0.4, -0.2) is 37.2 Å². The van der Waals surface area contributed by atoms with Crippen LogP contribution < -0.4 is 5.32 Å². The molecule has 0 radical (unpaired) electrons. The monoisotopic (exact) mass is 416 g/mol. The lowest BCUT2D eigenvalue weighted by molar-refractivity contribution is -0.118. The third-order valence-corrected chi connectivity index (χ3v) is 6.11. The molecule has 162 valence electrons. The van der Waals surface area contributed by atoms with Crippen LogP contribution in [0.2, 0.25) is 0 Å². The first-order valence-corrected chi connectivity index (χ1v) is 11.3. The van der Waals surface area contributed by atoms with E-state index in [4.69, 9.17) is 4.74 Å². The minimum Gasteiger partial charge on any atom is -0.365 e. The lowest BCUT2D eigenvalue weighted by Crippen LogP contribution is -2.28. The summed E-state index contributed by atoms with van der Waals surface area (Å²) in [6.07, 6.45) is 2.07. The second kappa shape index (κ2) is 10.1. The quantitative estimate of drug-likeness (QED) is 0.582. The summed E-state index contributed by atoms with van der Waals surface area (Å²) in [6, 6.07) is 23.4. The zero-order valence-electron chi connectivity index (χ0n) is 18.5. The van der Waals surface area contributed by atoms with E-state index in [2.05, 4.69) is 64.8 Å². The van der Waals surface area contributed by atoms with Crippen LogP contribution in [0.1, 0.15) is 37.3 Å². The Morgan fingerprint density at radius 2 is 1.90 bits per heavy atom. The molecule has 4 nitrogen and oxygen atoms in total. The van der Waals surface area contributed by atoms with E-state index in [0.29, 0.717) is 19.3 Å². The van der Waals surface area contributed by atoms with Gasteiger partial charge in [0.25, 0.3) is 0 Å². The van der Waals surface area contributed by atoms with E-state index in [0.717, 1.165) is 31.6 Å². The fourth-order valence-electron chi connectivity index (χ4n) is 4.20. The molecule has 0 saturated carbocycles. The fraction of sp³-hybridized carbons (Fsp3) is 0.370. The topological polar surface area (TPSA) is 41.6 Å². The lowest BCUT2D eigenvalue weighted by Gasteiger charge is -2.20. The van der Waals surface area contributed by atoms with Crippen molar-refractivity contribution >= 4 is 22.4 Å². The number of amides is 1. The van der Waals surface area contributed by atoms with E-state index in [-0.39, 0.29) is 11.8 Å². The van der Waals surface area contributed by atoms with Crippen molar-refractivity contribution in [2.75, 3.05) is 31.7 Å². The van der Waals surface area contributed by atoms with Crippen LogP contribution in [0.25, 0.3) is 10.8 Å². The maximum Gasteiger partial charge on any atom is 0.226 e. The Balaban J connectivity index is 1.36. The molecular weight excluding hydrogens is 384 g/mol. The Bertz CT molecular complexity index is 1030. The Kier molecular flexibility index (Phi) is 7.00. The molecule has 0 aliphatic carbocycles. The van der Waals surface area contributed by atoms with Gasteiger partial charge in [0.15, 0.2) is 0 Å². The molecule has 1 heterocycles. The second-order valence-corrected chi connectivity index (χ2v) is 8.76. The Labute approximate surface area is 185 Å². The molecule has 31 heavy (non-hydrogen) atoms. The number of carbonyl (C=O) groups excluding carboxylic acids is 1. The number of hydrogen-bond donors (Lipinski definition) is 1. The minimum atomic E-state index is -0.0276. The van der Waals surface area contributed by atoms with Gasteiger partial charge in [0.05, 0.1) is 13.3 Å². The molecule has 1 unspecified atom stereocenters. The minimum absolute atomic E-state index is 0.0276. The molecule has 1 N–H and O–H groups in total. The van der Waals surface area contributed by atoms with Crippen molar-refractivity contribution < 1.29 is 9.53 Å². The molecule has 1 atom stereocenters. The maximum absolute atomic E-state index is 12.0. The van der Waals surface area contributed by atoms with Crippen molar-refractivity contribution in [2.45, 2.75) is 32.6 Å². The van der Waals surface area contributed by atoms with Crippen LogP contribution in [0.5, 0.6) is 0 Å². The number of ether oxygens (including phenoxy) is 1. The Morgan fingerprint density at radius 3 is 2.77 bits per heavy atom. The van der Waals surface area contributed by atoms with E-state index < -0.39 is 0 Å². The van der Waals surface area contributed by atoms with Crippen LogP contribution in [-0.2, 0) is 16.0 Å². The third-order valence-electron chi connectivity index (χ3n) is 6.11. The van der Waals surface area contributed by atoms with Crippen molar-refractivity contribution in [1.29, 1.82) is 0 Å². The van der Waals surface area contributed by atoms with E-state index in [1.165, 1.54) is 21.9 Å². The summed E-state index contributed by atoms with van der Waals surface area (Å²) in [4.78, 5) is 14.4. The first kappa shape index (κ1) is 21.5. The molecule has 4 rings (SSSR count). The molecule has 1 aliphatic heterocycles. The number of benzene rings is 3. The average Bonchev–Trinajstić information content (AvgIpc) is 3.03. The highest BCUT2D eigenvalue weighted by Crippen LogP contribution is 2.26. The number of carbonyl (C=O) groups is 1. The van der Waals surface area contributed by atoms with Gasteiger partial charge >= 0.3 is 0 Å². The van der Waals surface area contributed by atoms with E-state index in [1.54, 1.807) is 0 Å². The summed E-state index contributed by atoms with van der Waals surface area (Å²) in [5, 5.41) is 5.66. The van der Waals surface area contributed by atoms with Gasteiger partial charge in [-0.2, -0.15) is 0 Å². The number of nitrogens with one attached hydrogen (secondary N) is 1.